The lowest BCUT2D eigenvalue weighted by Gasteiger charge is -2.10. The molecule has 6 heteroatoms. The molecule has 0 bridgehead atoms. The second-order valence-electron chi connectivity index (χ2n) is 4.30. The highest BCUT2D eigenvalue weighted by Gasteiger charge is 2.08. The van der Waals surface area contributed by atoms with E-state index in [1.807, 2.05) is 12.2 Å². The van der Waals surface area contributed by atoms with Crippen molar-refractivity contribution < 1.29 is 14.5 Å². The fourth-order valence-electron chi connectivity index (χ4n) is 1.75. The Morgan fingerprint density at radius 3 is 2.70 bits per heavy atom. The maximum Gasteiger partial charge on any atom is 0.411 e. The van der Waals surface area contributed by atoms with E-state index in [9.17, 15) is 14.9 Å². The largest absolute Gasteiger partial charge is 0.445 e. The first-order valence-electron chi connectivity index (χ1n) is 6.18. The number of carbonyl (C=O) groups is 1. The first-order chi connectivity index (χ1) is 9.65. The number of hydrogen-bond acceptors (Lipinski definition) is 4. The number of nitrogens with one attached hydrogen (secondary N) is 1. The van der Waals surface area contributed by atoms with E-state index in [0.717, 1.165) is 18.4 Å². The summed E-state index contributed by atoms with van der Waals surface area (Å²) in [6.07, 6.45) is 7.20. The van der Waals surface area contributed by atoms with Gasteiger partial charge in [-0.15, -0.1) is 0 Å². The van der Waals surface area contributed by atoms with Crippen LogP contribution in [0.25, 0.3) is 0 Å². The van der Waals surface area contributed by atoms with Crippen molar-refractivity contribution in [3.8, 4) is 0 Å². The third kappa shape index (κ3) is 3.94. The monoisotopic (exact) mass is 274 g/mol. The van der Waals surface area contributed by atoms with E-state index in [1.165, 1.54) is 24.3 Å². The summed E-state index contributed by atoms with van der Waals surface area (Å²) in [5, 5.41) is 13.0. The van der Waals surface area contributed by atoms with Crippen molar-refractivity contribution in [1.82, 2.24) is 0 Å². The third-order valence-corrected chi connectivity index (χ3v) is 2.81. The lowest BCUT2D eigenvalue weighted by Crippen LogP contribution is -2.15. The smallest absolute Gasteiger partial charge is 0.411 e. The van der Waals surface area contributed by atoms with E-state index in [2.05, 4.69) is 11.4 Å². The number of nitro benzene ring substituents is 1. The van der Waals surface area contributed by atoms with Crippen LogP contribution in [0, 0.1) is 10.1 Å². The molecule has 0 saturated heterocycles. The number of nitrogens with zero attached hydrogens (tertiary/aromatic N) is 1. The molecule has 1 aliphatic carbocycles. The Bertz CT molecular complexity index is 561. The minimum atomic E-state index is -0.575. The molecule has 0 aromatic heterocycles. The van der Waals surface area contributed by atoms with Crippen molar-refractivity contribution in [2.24, 2.45) is 0 Å². The van der Waals surface area contributed by atoms with E-state index in [-0.39, 0.29) is 12.3 Å². The Morgan fingerprint density at radius 1 is 1.35 bits per heavy atom. The summed E-state index contributed by atoms with van der Waals surface area (Å²) < 4.78 is 5.08. The topological polar surface area (TPSA) is 81.5 Å². The highest BCUT2D eigenvalue weighted by molar-refractivity contribution is 5.84. The molecule has 0 saturated carbocycles. The summed E-state index contributed by atoms with van der Waals surface area (Å²) in [6, 6.07) is 5.57. The van der Waals surface area contributed by atoms with Gasteiger partial charge in [-0.3, -0.25) is 15.4 Å². The Morgan fingerprint density at radius 2 is 2.10 bits per heavy atom. The number of allylic oxidation sites excluding steroid dienone is 3. The van der Waals surface area contributed by atoms with Gasteiger partial charge in [-0.2, -0.15) is 0 Å². The molecule has 20 heavy (non-hydrogen) atoms. The van der Waals surface area contributed by atoms with Crippen LogP contribution in [-0.4, -0.2) is 17.6 Å². The van der Waals surface area contributed by atoms with Crippen LogP contribution in [0.1, 0.15) is 12.8 Å². The molecule has 6 nitrogen and oxygen atoms in total. The minimum absolute atomic E-state index is 0.0249. The zero-order chi connectivity index (χ0) is 14.4. The summed E-state index contributed by atoms with van der Waals surface area (Å²) in [6.45, 7) is 0.253. The van der Waals surface area contributed by atoms with Gasteiger partial charge in [0.2, 0.25) is 0 Å². The van der Waals surface area contributed by atoms with Crippen molar-refractivity contribution in [1.29, 1.82) is 0 Å². The van der Waals surface area contributed by atoms with Crippen LogP contribution in [0.5, 0.6) is 0 Å². The summed E-state index contributed by atoms with van der Waals surface area (Å²) in [7, 11) is 0. The standard InChI is InChI=1S/C14H14N2O4/c17-14(20-10-11-4-2-1-3-5-11)15-12-6-8-13(9-7-12)16(18)19/h1-2,4,6-9H,3,5,10H2,(H,15,17). The van der Waals surface area contributed by atoms with Gasteiger partial charge in [0.15, 0.2) is 0 Å². The number of anilines is 1. The Balaban J connectivity index is 1.83. The number of ether oxygens (including phenoxy) is 1. The lowest BCUT2D eigenvalue weighted by atomic mass is 10.1. The second-order valence-corrected chi connectivity index (χ2v) is 4.30. The molecule has 0 aliphatic heterocycles. The quantitative estimate of drug-likeness (QED) is 0.673. The van der Waals surface area contributed by atoms with Crippen LogP contribution in [0.4, 0.5) is 16.2 Å². The van der Waals surface area contributed by atoms with Gasteiger partial charge in [0.25, 0.3) is 5.69 Å². The first-order valence-corrected chi connectivity index (χ1v) is 6.18. The van der Waals surface area contributed by atoms with Crippen LogP contribution >= 0.6 is 0 Å². The molecule has 0 heterocycles. The van der Waals surface area contributed by atoms with E-state index >= 15 is 0 Å². The van der Waals surface area contributed by atoms with Gasteiger partial charge in [0.05, 0.1) is 4.92 Å². The van der Waals surface area contributed by atoms with Gasteiger partial charge < -0.3 is 4.74 Å². The fourth-order valence-corrected chi connectivity index (χ4v) is 1.75. The van der Waals surface area contributed by atoms with E-state index in [1.54, 1.807) is 0 Å². The molecule has 2 rings (SSSR count). The van der Waals surface area contributed by atoms with E-state index < -0.39 is 11.0 Å². The maximum atomic E-state index is 11.6. The van der Waals surface area contributed by atoms with Gasteiger partial charge >= 0.3 is 6.09 Å². The van der Waals surface area contributed by atoms with E-state index in [4.69, 9.17) is 4.74 Å². The van der Waals surface area contributed by atoms with Gasteiger partial charge in [0, 0.05) is 17.8 Å². The number of carbonyl (C=O) groups excluding carboxylic acids is 1. The highest BCUT2D eigenvalue weighted by Crippen LogP contribution is 2.16. The predicted octanol–water partition coefficient (Wildman–Crippen LogP) is 3.42. The molecule has 1 aromatic rings. The fraction of sp³-hybridized carbons (Fsp3) is 0.214. The zero-order valence-electron chi connectivity index (χ0n) is 10.7. The molecule has 1 aliphatic rings. The van der Waals surface area contributed by atoms with Crippen molar-refractivity contribution >= 4 is 17.5 Å². The molecule has 1 aromatic carbocycles. The average molecular weight is 274 g/mol. The highest BCUT2D eigenvalue weighted by atomic mass is 16.6. The number of non-ortho nitro benzene ring substituents is 1. The van der Waals surface area contributed by atoms with Crippen molar-refractivity contribution in [2.75, 3.05) is 11.9 Å². The normalized spacial score (nSPS) is 13.5. The number of hydrogen-bond donors (Lipinski definition) is 1. The molecule has 0 fully saturated rings. The number of rotatable bonds is 4. The van der Waals surface area contributed by atoms with Crippen LogP contribution in [-0.2, 0) is 4.74 Å². The second kappa shape index (κ2) is 6.51. The van der Waals surface area contributed by atoms with Crippen molar-refractivity contribution in [2.45, 2.75) is 12.8 Å². The van der Waals surface area contributed by atoms with Crippen LogP contribution < -0.4 is 5.32 Å². The SMILES string of the molecule is O=C(Nc1ccc([N+](=O)[O-])cc1)OCC1=CC=CCC1. The van der Waals surface area contributed by atoms with Crippen LogP contribution in [0.3, 0.4) is 0 Å². The number of amides is 1. The Labute approximate surface area is 115 Å². The first kappa shape index (κ1) is 13.8. The van der Waals surface area contributed by atoms with Crippen molar-refractivity contribution in [3.05, 3.63) is 58.2 Å². The molecule has 0 radical (unpaired) electrons. The molecule has 0 spiro atoms. The average Bonchev–Trinajstić information content (AvgIpc) is 2.47. The van der Waals surface area contributed by atoms with E-state index in [0.29, 0.717) is 5.69 Å². The third-order valence-electron chi connectivity index (χ3n) is 2.81. The minimum Gasteiger partial charge on any atom is -0.445 e. The summed E-state index contributed by atoms with van der Waals surface area (Å²) in [5.41, 5.74) is 1.49. The number of benzene rings is 1. The Hall–Kier alpha value is -2.63. The molecular formula is C14H14N2O4. The summed E-state index contributed by atoms with van der Waals surface area (Å²) >= 11 is 0. The predicted molar refractivity (Wildman–Crippen MR) is 74.5 cm³/mol. The molecule has 104 valence electrons. The lowest BCUT2D eigenvalue weighted by molar-refractivity contribution is -0.384. The van der Waals surface area contributed by atoms with Crippen molar-refractivity contribution in [3.63, 3.8) is 0 Å². The molecule has 1 N–H and O–H groups in total. The van der Waals surface area contributed by atoms with Gasteiger partial charge in [-0.05, 0) is 30.5 Å². The maximum absolute atomic E-state index is 11.6. The summed E-state index contributed by atoms with van der Waals surface area (Å²) in [4.78, 5) is 21.6. The summed E-state index contributed by atoms with van der Waals surface area (Å²) in [5.74, 6) is 0. The van der Waals surface area contributed by atoms with Gasteiger partial charge in [-0.1, -0.05) is 18.2 Å². The van der Waals surface area contributed by atoms with Gasteiger partial charge in [0.1, 0.15) is 6.61 Å². The molecule has 1 amide bonds. The Kier molecular flexibility index (Phi) is 4.49. The molecular weight excluding hydrogens is 260 g/mol. The van der Waals surface area contributed by atoms with Crippen LogP contribution in [0.15, 0.2) is 48.1 Å². The molecule has 0 unspecified atom stereocenters. The van der Waals surface area contributed by atoms with Crippen LogP contribution in [0.2, 0.25) is 0 Å². The number of nitro groups is 1. The van der Waals surface area contributed by atoms with Gasteiger partial charge in [-0.25, -0.2) is 4.79 Å². The molecule has 0 atom stereocenters. The zero-order valence-corrected chi connectivity index (χ0v) is 10.7.